The molecule has 0 aliphatic carbocycles. The number of hydrogen-bond acceptors (Lipinski definition) is 5. The van der Waals surface area contributed by atoms with E-state index in [0.29, 0.717) is 43.0 Å². The maximum absolute atomic E-state index is 6.20. The Morgan fingerprint density at radius 2 is 1.58 bits per heavy atom. The van der Waals surface area contributed by atoms with Crippen LogP contribution in [0.15, 0.2) is 36.5 Å². The SMILES string of the molecule is C=C(C)O[Si](CCC)(OC(=C)C)O/C(C)=C/C1(CC)OCCCO1. The van der Waals surface area contributed by atoms with Crippen molar-refractivity contribution in [2.45, 2.75) is 65.7 Å². The van der Waals surface area contributed by atoms with Gasteiger partial charge in [-0.05, 0) is 33.6 Å². The molecule has 1 heterocycles. The second-order valence-corrected chi connectivity index (χ2v) is 8.59. The van der Waals surface area contributed by atoms with E-state index in [9.17, 15) is 0 Å². The van der Waals surface area contributed by atoms with Crippen molar-refractivity contribution >= 4 is 8.80 Å². The van der Waals surface area contributed by atoms with Gasteiger partial charge in [-0.15, -0.1) is 0 Å². The van der Waals surface area contributed by atoms with Gasteiger partial charge in [0.25, 0.3) is 0 Å². The molecule has 0 spiro atoms. The zero-order valence-corrected chi connectivity index (χ0v) is 16.8. The van der Waals surface area contributed by atoms with Gasteiger partial charge >= 0.3 is 8.80 Å². The lowest BCUT2D eigenvalue weighted by Gasteiger charge is -2.35. The van der Waals surface area contributed by atoms with Crippen molar-refractivity contribution in [2.24, 2.45) is 0 Å². The molecule has 0 aromatic rings. The van der Waals surface area contributed by atoms with E-state index in [0.717, 1.165) is 12.8 Å². The molecule has 0 aromatic heterocycles. The Hall–Kier alpha value is -1.24. The van der Waals surface area contributed by atoms with Gasteiger partial charge in [0.1, 0.15) is 0 Å². The molecule has 0 N–H and O–H groups in total. The predicted molar refractivity (Wildman–Crippen MR) is 97.0 cm³/mol. The second-order valence-electron chi connectivity index (χ2n) is 6.11. The highest BCUT2D eigenvalue weighted by Gasteiger charge is 2.48. The van der Waals surface area contributed by atoms with Crippen molar-refractivity contribution < 1.29 is 22.8 Å². The molecule has 1 aliphatic heterocycles. The van der Waals surface area contributed by atoms with Crippen LogP contribution in [-0.2, 0) is 22.8 Å². The molecule has 1 aliphatic rings. The largest absolute Gasteiger partial charge is 0.698 e. The molecular formula is C18H32O5Si. The van der Waals surface area contributed by atoms with E-state index < -0.39 is 14.6 Å². The third kappa shape index (κ3) is 6.34. The number of rotatable bonds is 10. The third-order valence-electron chi connectivity index (χ3n) is 3.43. The van der Waals surface area contributed by atoms with Gasteiger partial charge in [0, 0.05) is 12.5 Å². The zero-order valence-electron chi connectivity index (χ0n) is 15.8. The van der Waals surface area contributed by atoms with Crippen LogP contribution in [0.5, 0.6) is 0 Å². The molecule has 138 valence electrons. The zero-order chi connectivity index (χ0) is 18.2. The minimum atomic E-state index is -2.99. The Labute approximate surface area is 147 Å². The molecule has 0 bridgehead atoms. The summed E-state index contributed by atoms with van der Waals surface area (Å²) in [6.45, 7) is 18.6. The van der Waals surface area contributed by atoms with E-state index in [1.807, 2.05) is 19.9 Å². The molecule has 6 heteroatoms. The Morgan fingerprint density at radius 1 is 1.04 bits per heavy atom. The Kier molecular flexibility index (Phi) is 8.06. The van der Waals surface area contributed by atoms with Gasteiger partial charge in [-0.3, -0.25) is 0 Å². The van der Waals surface area contributed by atoms with Crippen molar-refractivity contribution in [1.82, 2.24) is 0 Å². The minimum absolute atomic E-state index is 0.569. The first-order valence-corrected chi connectivity index (χ1v) is 10.5. The van der Waals surface area contributed by atoms with E-state index in [1.165, 1.54) is 0 Å². The molecule has 24 heavy (non-hydrogen) atoms. The highest BCUT2D eigenvalue weighted by Crippen LogP contribution is 2.30. The fourth-order valence-electron chi connectivity index (χ4n) is 2.62. The quantitative estimate of drug-likeness (QED) is 0.411. The summed E-state index contributed by atoms with van der Waals surface area (Å²) in [6.07, 6.45) is 4.36. The van der Waals surface area contributed by atoms with Crippen LogP contribution in [0.25, 0.3) is 0 Å². The van der Waals surface area contributed by atoms with Crippen LogP contribution in [0.3, 0.4) is 0 Å². The van der Waals surface area contributed by atoms with Crippen molar-refractivity contribution in [1.29, 1.82) is 0 Å². The fourth-order valence-corrected chi connectivity index (χ4v) is 5.27. The highest BCUT2D eigenvalue weighted by atomic mass is 28.4. The predicted octanol–water partition coefficient (Wildman–Crippen LogP) is 4.90. The Morgan fingerprint density at radius 3 is 2.00 bits per heavy atom. The van der Waals surface area contributed by atoms with Crippen molar-refractivity contribution in [3.63, 3.8) is 0 Å². The average molecular weight is 357 g/mol. The molecule has 0 amide bonds. The topological polar surface area (TPSA) is 46.2 Å². The van der Waals surface area contributed by atoms with Crippen LogP contribution >= 0.6 is 0 Å². The lowest BCUT2D eigenvalue weighted by Crippen LogP contribution is -2.45. The average Bonchev–Trinajstić information content (AvgIpc) is 2.46. The van der Waals surface area contributed by atoms with Crippen LogP contribution in [0, 0.1) is 0 Å². The molecule has 0 radical (unpaired) electrons. The molecule has 1 fully saturated rings. The van der Waals surface area contributed by atoms with Crippen LogP contribution in [0.1, 0.15) is 53.9 Å². The summed E-state index contributed by atoms with van der Waals surface area (Å²) in [7, 11) is -2.99. The molecule has 1 saturated heterocycles. The van der Waals surface area contributed by atoms with Gasteiger partial charge < -0.3 is 22.8 Å². The summed E-state index contributed by atoms with van der Waals surface area (Å²) in [5, 5.41) is 0. The molecule has 0 unspecified atom stereocenters. The number of ether oxygens (including phenoxy) is 2. The second kappa shape index (κ2) is 9.29. The lowest BCUT2D eigenvalue weighted by atomic mass is 10.1. The van der Waals surface area contributed by atoms with Gasteiger partial charge in [-0.2, -0.15) is 0 Å². The number of allylic oxidation sites excluding steroid dienone is 3. The summed E-state index contributed by atoms with van der Waals surface area (Å²) in [5.74, 6) is 1.07. The Bertz CT molecular complexity index is 450. The molecule has 1 rings (SSSR count). The molecular weight excluding hydrogens is 324 g/mol. The van der Waals surface area contributed by atoms with E-state index in [-0.39, 0.29) is 0 Å². The smallest absolute Gasteiger partial charge is 0.488 e. The third-order valence-corrected chi connectivity index (χ3v) is 6.49. The Balaban J connectivity index is 3.03. The normalized spacial score (nSPS) is 18.0. The highest BCUT2D eigenvalue weighted by molar-refractivity contribution is 6.61. The molecule has 0 aromatic carbocycles. The minimum Gasteiger partial charge on any atom is -0.488 e. The van der Waals surface area contributed by atoms with Crippen molar-refractivity contribution in [3.05, 3.63) is 36.5 Å². The van der Waals surface area contributed by atoms with Crippen LogP contribution in [0.4, 0.5) is 0 Å². The maximum Gasteiger partial charge on any atom is 0.698 e. The first-order valence-electron chi connectivity index (χ1n) is 8.62. The summed E-state index contributed by atoms with van der Waals surface area (Å²) in [4.78, 5) is 0. The van der Waals surface area contributed by atoms with Crippen molar-refractivity contribution in [3.8, 4) is 0 Å². The fraction of sp³-hybridized carbons (Fsp3) is 0.667. The molecule has 0 atom stereocenters. The van der Waals surface area contributed by atoms with Gasteiger partial charge in [-0.1, -0.05) is 27.0 Å². The van der Waals surface area contributed by atoms with Crippen LogP contribution < -0.4 is 0 Å². The van der Waals surface area contributed by atoms with E-state index >= 15 is 0 Å². The van der Waals surface area contributed by atoms with E-state index in [4.69, 9.17) is 22.8 Å². The molecule has 5 nitrogen and oxygen atoms in total. The first kappa shape index (κ1) is 20.8. The summed E-state index contributed by atoms with van der Waals surface area (Å²) < 4.78 is 29.8. The lowest BCUT2D eigenvalue weighted by molar-refractivity contribution is -0.238. The summed E-state index contributed by atoms with van der Waals surface area (Å²) in [6, 6.07) is 0.665. The van der Waals surface area contributed by atoms with E-state index in [1.54, 1.807) is 13.8 Å². The standard InChI is InChI=1S/C18H32O5Si/c1-8-13-24(21-15(3)4,22-16(5)6)23-17(7)14-18(9-2)19-11-10-12-20-18/h14H,3,5,8-13H2,1-2,4,6-7H3/b17-14+. The van der Waals surface area contributed by atoms with Crippen LogP contribution in [-0.4, -0.2) is 27.8 Å². The maximum atomic E-state index is 6.20. The van der Waals surface area contributed by atoms with Gasteiger partial charge in [-0.25, -0.2) is 0 Å². The summed E-state index contributed by atoms with van der Waals surface area (Å²) >= 11 is 0. The summed E-state index contributed by atoms with van der Waals surface area (Å²) in [5.41, 5.74) is 0. The van der Waals surface area contributed by atoms with Crippen molar-refractivity contribution in [2.75, 3.05) is 13.2 Å². The van der Waals surface area contributed by atoms with Gasteiger partial charge in [0.15, 0.2) is 5.79 Å². The van der Waals surface area contributed by atoms with Gasteiger partial charge in [0.05, 0.1) is 36.5 Å². The number of hydrogen-bond donors (Lipinski definition) is 0. The van der Waals surface area contributed by atoms with Gasteiger partial charge in [0.2, 0.25) is 0 Å². The molecule has 0 saturated carbocycles. The van der Waals surface area contributed by atoms with Crippen LogP contribution in [0.2, 0.25) is 6.04 Å². The van der Waals surface area contributed by atoms with E-state index in [2.05, 4.69) is 20.1 Å². The first-order chi connectivity index (χ1) is 11.3. The monoisotopic (exact) mass is 356 g/mol.